The van der Waals surface area contributed by atoms with Gasteiger partial charge < -0.3 is 15.2 Å². The molecule has 0 atom stereocenters. The Kier molecular flexibility index (Phi) is 4.88. The first kappa shape index (κ1) is 17.9. The maximum Gasteiger partial charge on any atom is 0.404 e. The van der Waals surface area contributed by atoms with Crippen LogP contribution in [0.25, 0.3) is 17.3 Å². The Balaban J connectivity index is 1.68. The fourth-order valence-electron chi connectivity index (χ4n) is 3.32. The minimum atomic E-state index is -1.01. The highest BCUT2D eigenvalue weighted by Crippen LogP contribution is 2.38. The minimum absolute atomic E-state index is 0.0663. The number of hydrogen-bond donors (Lipinski definition) is 2. The summed E-state index contributed by atoms with van der Waals surface area (Å²) < 4.78 is 7.35. The van der Waals surface area contributed by atoms with Gasteiger partial charge in [0, 0.05) is 18.2 Å². The summed E-state index contributed by atoms with van der Waals surface area (Å²) in [5, 5.41) is 20.1. The third kappa shape index (κ3) is 3.51. The smallest absolute Gasteiger partial charge is 0.404 e. The van der Waals surface area contributed by atoms with E-state index < -0.39 is 6.09 Å². The van der Waals surface area contributed by atoms with Crippen LogP contribution in [-0.4, -0.2) is 48.6 Å². The van der Waals surface area contributed by atoms with E-state index in [4.69, 9.17) is 9.84 Å². The highest BCUT2D eigenvalue weighted by molar-refractivity contribution is 5.65. The van der Waals surface area contributed by atoms with Crippen LogP contribution in [0.5, 0.6) is 5.75 Å². The van der Waals surface area contributed by atoms with Crippen LogP contribution in [-0.2, 0) is 0 Å². The molecule has 0 bridgehead atoms. The standard InChI is InChI=1S/C19H20N6O3/c1-2-28-14-6-7-15(21-11-14)18-24-23-17(12-9-13(10-12)22-19(26)27)25(18)16-5-3-4-8-20-16/h3-8,11-13,22H,2,9-10H2,1H3,(H,26,27)/t12-,13-. The molecule has 144 valence electrons. The van der Waals surface area contributed by atoms with E-state index >= 15 is 0 Å². The van der Waals surface area contributed by atoms with Crippen molar-refractivity contribution in [3.8, 4) is 23.1 Å². The number of ether oxygens (including phenoxy) is 1. The second-order valence-electron chi connectivity index (χ2n) is 6.53. The van der Waals surface area contributed by atoms with Crippen molar-refractivity contribution < 1.29 is 14.6 Å². The van der Waals surface area contributed by atoms with Crippen LogP contribution in [0.2, 0.25) is 0 Å². The molecule has 0 aromatic carbocycles. The summed E-state index contributed by atoms with van der Waals surface area (Å²) in [7, 11) is 0. The number of nitrogens with zero attached hydrogens (tertiary/aromatic N) is 5. The molecule has 9 heteroatoms. The molecule has 0 aliphatic heterocycles. The maximum absolute atomic E-state index is 10.8. The monoisotopic (exact) mass is 380 g/mol. The van der Waals surface area contributed by atoms with Crippen molar-refractivity contribution in [2.75, 3.05) is 6.61 Å². The molecule has 28 heavy (non-hydrogen) atoms. The van der Waals surface area contributed by atoms with Gasteiger partial charge in [-0.25, -0.2) is 14.8 Å². The van der Waals surface area contributed by atoms with Crippen LogP contribution in [0.1, 0.15) is 31.5 Å². The Hall–Kier alpha value is -3.49. The van der Waals surface area contributed by atoms with Crippen LogP contribution in [0.3, 0.4) is 0 Å². The Labute approximate surface area is 161 Å². The lowest BCUT2D eigenvalue weighted by Crippen LogP contribution is -2.43. The number of nitrogens with one attached hydrogen (secondary N) is 1. The number of aromatic nitrogens is 5. The molecule has 1 aliphatic carbocycles. The van der Waals surface area contributed by atoms with Gasteiger partial charge in [-0.15, -0.1) is 10.2 Å². The first-order valence-corrected chi connectivity index (χ1v) is 9.11. The number of carboxylic acid groups (broad SMARTS) is 1. The van der Waals surface area contributed by atoms with Crippen molar-refractivity contribution in [3.05, 3.63) is 48.5 Å². The summed E-state index contributed by atoms with van der Waals surface area (Å²) in [5.74, 6) is 2.84. The van der Waals surface area contributed by atoms with Gasteiger partial charge in [0.1, 0.15) is 23.1 Å². The number of rotatable bonds is 6. The number of hydrogen-bond acceptors (Lipinski definition) is 6. The number of pyridine rings is 2. The third-order valence-corrected chi connectivity index (χ3v) is 4.67. The van der Waals surface area contributed by atoms with Crippen molar-refractivity contribution >= 4 is 6.09 Å². The fourth-order valence-corrected chi connectivity index (χ4v) is 3.32. The van der Waals surface area contributed by atoms with Gasteiger partial charge in [0.25, 0.3) is 0 Å². The molecule has 0 spiro atoms. The molecule has 0 saturated heterocycles. The Morgan fingerprint density at radius 1 is 1.25 bits per heavy atom. The molecule has 1 saturated carbocycles. The van der Waals surface area contributed by atoms with Crippen molar-refractivity contribution in [2.24, 2.45) is 0 Å². The second-order valence-corrected chi connectivity index (χ2v) is 6.53. The molecule has 9 nitrogen and oxygen atoms in total. The average Bonchev–Trinajstić information content (AvgIpc) is 3.10. The lowest BCUT2D eigenvalue weighted by molar-refractivity contribution is 0.176. The van der Waals surface area contributed by atoms with Crippen molar-refractivity contribution in [1.82, 2.24) is 30.0 Å². The predicted molar refractivity (Wildman–Crippen MR) is 100 cm³/mol. The molecule has 3 aromatic heterocycles. The quantitative estimate of drug-likeness (QED) is 0.675. The lowest BCUT2D eigenvalue weighted by Gasteiger charge is -2.34. The van der Waals surface area contributed by atoms with Gasteiger partial charge in [-0.2, -0.15) is 0 Å². The largest absolute Gasteiger partial charge is 0.492 e. The summed E-state index contributed by atoms with van der Waals surface area (Å²) in [6, 6.07) is 9.25. The molecule has 0 unspecified atom stereocenters. The number of amides is 1. The Morgan fingerprint density at radius 3 is 2.75 bits per heavy atom. The topological polar surface area (TPSA) is 115 Å². The molecule has 1 aliphatic rings. The molecule has 2 N–H and O–H groups in total. The van der Waals surface area contributed by atoms with Crippen molar-refractivity contribution in [2.45, 2.75) is 31.7 Å². The van der Waals surface area contributed by atoms with Crippen LogP contribution in [0, 0.1) is 0 Å². The SMILES string of the molecule is CCOc1ccc(-c2nnc([C@H]3C[C@H](NC(=O)O)C3)n2-c2ccccn2)nc1. The molecule has 0 radical (unpaired) electrons. The van der Waals surface area contributed by atoms with Gasteiger partial charge in [0.15, 0.2) is 5.82 Å². The zero-order valence-electron chi connectivity index (χ0n) is 15.3. The second kappa shape index (κ2) is 7.63. The van der Waals surface area contributed by atoms with E-state index in [1.165, 1.54) is 0 Å². The van der Waals surface area contributed by atoms with Gasteiger partial charge in [-0.3, -0.25) is 4.57 Å². The molecule has 3 heterocycles. The van der Waals surface area contributed by atoms with Crippen LogP contribution in [0.4, 0.5) is 4.79 Å². The van der Waals surface area contributed by atoms with Gasteiger partial charge >= 0.3 is 6.09 Å². The number of carbonyl (C=O) groups is 1. The highest BCUT2D eigenvalue weighted by Gasteiger charge is 2.36. The zero-order valence-corrected chi connectivity index (χ0v) is 15.3. The van der Waals surface area contributed by atoms with E-state index in [0.717, 1.165) is 5.82 Å². The summed E-state index contributed by atoms with van der Waals surface area (Å²) >= 11 is 0. The van der Waals surface area contributed by atoms with E-state index in [9.17, 15) is 4.79 Å². The molecule has 3 aromatic rings. The van der Waals surface area contributed by atoms with Crippen LogP contribution < -0.4 is 10.1 Å². The van der Waals surface area contributed by atoms with Gasteiger partial charge in [-0.05, 0) is 44.0 Å². The molecule has 1 amide bonds. The van der Waals surface area contributed by atoms with E-state index in [0.29, 0.717) is 42.5 Å². The van der Waals surface area contributed by atoms with Gasteiger partial charge in [0.05, 0.1) is 12.8 Å². The maximum atomic E-state index is 10.8. The lowest BCUT2D eigenvalue weighted by atomic mass is 9.79. The first-order chi connectivity index (χ1) is 13.7. The minimum Gasteiger partial charge on any atom is -0.492 e. The van der Waals surface area contributed by atoms with Gasteiger partial charge in [-0.1, -0.05) is 6.07 Å². The Morgan fingerprint density at radius 2 is 2.11 bits per heavy atom. The molecule has 1 fully saturated rings. The predicted octanol–water partition coefficient (Wildman–Crippen LogP) is 2.64. The molecular formula is C19H20N6O3. The van der Waals surface area contributed by atoms with E-state index in [1.807, 2.05) is 41.8 Å². The third-order valence-electron chi connectivity index (χ3n) is 4.67. The highest BCUT2D eigenvalue weighted by atomic mass is 16.5. The molecular weight excluding hydrogens is 360 g/mol. The van der Waals surface area contributed by atoms with E-state index in [1.54, 1.807) is 12.4 Å². The van der Waals surface area contributed by atoms with Crippen LogP contribution in [0.15, 0.2) is 42.7 Å². The van der Waals surface area contributed by atoms with Crippen LogP contribution >= 0.6 is 0 Å². The zero-order chi connectivity index (χ0) is 19.5. The van der Waals surface area contributed by atoms with Crippen molar-refractivity contribution in [3.63, 3.8) is 0 Å². The normalized spacial score (nSPS) is 18.3. The summed E-state index contributed by atoms with van der Waals surface area (Å²) in [5.41, 5.74) is 0.660. The summed E-state index contributed by atoms with van der Waals surface area (Å²) in [4.78, 5) is 19.7. The van der Waals surface area contributed by atoms with E-state index in [-0.39, 0.29) is 12.0 Å². The van der Waals surface area contributed by atoms with E-state index in [2.05, 4.69) is 25.5 Å². The average molecular weight is 380 g/mol. The summed E-state index contributed by atoms with van der Waals surface area (Å²) in [6.45, 7) is 2.49. The molecule has 4 rings (SSSR count). The van der Waals surface area contributed by atoms with Crippen molar-refractivity contribution in [1.29, 1.82) is 0 Å². The summed E-state index contributed by atoms with van der Waals surface area (Å²) in [6.07, 6.45) is 3.71. The Bertz CT molecular complexity index is 952. The van der Waals surface area contributed by atoms with Gasteiger partial charge in [0.2, 0.25) is 0 Å². The fraction of sp³-hybridized carbons (Fsp3) is 0.316. The first-order valence-electron chi connectivity index (χ1n) is 9.11.